The van der Waals surface area contributed by atoms with Crippen molar-refractivity contribution in [3.8, 4) is 5.75 Å². The highest BCUT2D eigenvalue weighted by molar-refractivity contribution is 5.96. The van der Waals surface area contributed by atoms with E-state index in [2.05, 4.69) is 14.7 Å². The fourth-order valence-corrected chi connectivity index (χ4v) is 1.46. The molecule has 82 valence electrons. The van der Waals surface area contributed by atoms with Crippen LogP contribution in [-0.2, 0) is 4.74 Å². The fourth-order valence-electron chi connectivity index (χ4n) is 1.46. The molecule has 0 aliphatic heterocycles. The smallest absolute Gasteiger partial charge is 0.338 e. The number of carbonyl (C=O) groups is 1. The second kappa shape index (κ2) is 4.14. The molecule has 0 atom stereocenters. The van der Waals surface area contributed by atoms with E-state index in [0.29, 0.717) is 16.8 Å². The SMILES string of the molecule is COC(=O)c1cc(OC)c2ncncc2c1. The Hall–Kier alpha value is -2.17. The van der Waals surface area contributed by atoms with Gasteiger partial charge in [0.15, 0.2) is 0 Å². The Morgan fingerprint density at radius 3 is 2.81 bits per heavy atom. The topological polar surface area (TPSA) is 61.3 Å². The number of esters is 1. The molecule has 0 fully saturated rings. The molecule has 0 aliphatic carbocycles. The zero-order chi connectivity index (χ0) is 11.5. The van der Waals surface area contributed by atoms with Crippen LogP contribution in [0.2, 0.25) is 0 Å². The zero-order valence-corrected chi connectivity index (χ0v) is 8.93. The summed E-state index contributed by atoms with van der Waals surface area (Å²) >= 11 is 0. The summed E-state index contributed by atoms with van der Waals surface area (Å²) in [7, 11) is 2.86. The van der Waals surface area contributed by atoms with E-state index in [-0.39, 0.29) is 0 Å². The van der Waals surface area contributed by atoms with Gasteiger partial charge in [0.2, 0.25) is 0 Å². The van der Waals surface area contributed by atoms with Crippen molar-refractivity contribution >= 4 is 16.9 Å². The number of methoxy groups -OCH3 is 2. The molecule has 1 aromatic heterocycles. The number of ether oxygens (including phenoxy) is 2. The lowest BCUT2D eigenvalue weighted by Crippen LogP contribution is -2.02. The first-order chi connectivity index (χ1) is 7.76. The van der Waals surface area contributed by atoms with Gasteiger partial charge in [0.25, 0.3) is 0 Å². The number of fused-ring (bicyclic) bond motifs is 1. The highest BCUT2D eigenvalue weighted by atomic mass is 16.5. The van der Waals surface area contributed by atoms with E-state index in [1.165, 1.54) is 20.5 Å². The highest BCUT2D eigenvalue weighted by Crippen LogP contribution is 2.25. The Bertz CT molecular complexity index is 540. The molecular formula is C11H10N2O3. The normalized spacial score (nSPS) is 10.1. The maximum Gasteiger partial charge on any atom is 0.338 e. The van der Waals surface area contributed by atoms with Gasteiger partial charge in [0, 0.05) is 11.6 Å². The molecule has 0 spiro atoms. The average molecular weight is 218 g/mol. The van der Waals surface area contributed by atoms with E-state index < -0.39 is 5.97 Å². The van der Waals surface area contributed by atoms with Crippen LogP contribution in [0.25, 0.3) is 10.9 Å². The highest BCUT2D eigenvalue weighted by Gasteiger charge is 2.11. The number of benzene rings is 1. The Morgan fingerprint density at radius 1 is 1.31 bits per heavy atom. The van der Waals surface area contributed by atoms with Crippen molar-refractivity contribution in [2.45, 2.75) is 0 Å². The molecule has 0 bridgehead atoms. The van der Waals surface area contributed by atoms with Crippen molar-refractivity contribution in [3.05, 3.63) is 30.2 Å². The van der Waals surface area contributed by atoms with Gasteiger partial charge >= 0.3 is 5.97 Å². The van der Waals surface area contributed by atoms with Gasteiger partial charge < -0.3 is 9.47 Å². The summed E-state index contributed by atoms with van der Waals surface area (Å²) in [6.07, 6.45) is 3.06. The maximum absolute atomic E-state index is 11.4. The molecule has 0 amide bonds. The summed E-state index contributed by atoms with van der Waals surface area (Å²) in [4.78, 5) is 19.4. The van der Waals surface area contributed by atoms with Crippen molar-refractivity contribution in [2.75, 3.05) is 14.2 Å². The first kappa shape index (κ1) is 10.4. The van der Waals surface area contributed by atoms with Gasteiger partial charge in [-0.15, -0.1) is 0 Å². The predicted octanol–water partition coefficient (Wildman–Crippen LogP) is 1.43. The molecule has 5 heteroatoms. The molecule has 1 heterocycles. The van der Waals surface area contributed by atoms with E-state index in [1.807, 2.05) is 0 Å². The summed E-state index contributed by atoms with van der Waals surface area (Å²) in [5.41, 5.74) is 1.09. The van der Waals surface area contributed by atoms with Crippen LogP contribution in [0.4, 0.5) is 0 Å². The fraction of sp³-hybridized carbons (Fsp3) is 0.182. The van der Waals surface area contributed by atoms with E-state index in [1.54, 1.807) is 18.3 Å². The number of hydrogen-bond acceptors (Lipinski definition) is 5. The van der Waals surface area contributed by atoms with Crippen LogP contribution in [0, 0.1) is 0 Å². The van der Waals surface area contributed by atoms with Crippen molar-refractivity contribution in [3.63, 3.8) is 0 Å². The zero-order valence-electron chi connectivity index (χ0n) is 8.93. The summed E-state index contributed by atoms with van der Waals surface area (Å²) in [6.45, 7) is 0. The monoisotopic (exact) mass is 218 g/mol. The quantitative estimate of drug-likeness (QED) is 0.713. The van der Waals surface area contributed by atoms with E-state index >= 15 is 0 Å². The lowest BCUT2D eigenvalue weighted by Gasteiger charge is -2.06. The van der Waals surface area contributed by atoms with Gasteiger partial charge in [-0.05, 0) is 12.1 Å². The third-order valence-corrected chi connectivity index (χ3v) is 2.21. The molecular weight excluding hydrogens is 208 g/mol. The summed E-state index contributed by atoms with van der Waals surface area (Å²) in [5.74, 6) is 0.115. The van der Waals surface area contributed by atoms with Crippen LogP contribution in [0.3, 0.4) is 0 Å². The second-order valence-corrected chi connectivity index (χ2v) is 3.13. The Kier molecular flexibility index (Phi) is 2.68. The Morgan fingerprint density at radius 2 is 2.12 bits per heavy atom. The molecule has 0 unspecified atom stereocenters. The first-order valence-corrected chi connectivity index (χ1v) is 4.62. The largest absolute Gasteiger partial charge is 0.494 e. The maximum atomic E-state index is 11.4. The molecule has 0 N–H and O–H groups in total. The molecule has 0 saturated carbocycles. The van der Waals surface area contributed by atoms with E-state index in [0.717, 1.165) is 5.39 Å². The van der Waals surface area contributed by atoms with Gasteiger partial charge in [-0.25, -0.2) is 14.8 Å². The molecule has 16 heavy (non-hydrogen) atoms. The minimum Gasteiger partial charge on any atom is -0.494 e. The van der Waals surface area contributed by atoms with Gasteiger partial charge in [-0.1, -0.05) is 0 Å². The number of hydrogen-bond donors (Lipinski definition) is 0. The molecule has 0 saturated heterocycles. The minimum atomic E-state index is -0.413. The van der Waals surface area contributed by atoms with Crippen LogP contribution in [-0.4, -0.2) is 30.2 Å². The van der Waals surface area contributed by atoms with Gasteiger partial charge in [-0.2, -0.15) is 0 Å². The van der Waals surface area contributed by atoms with Crippen LogP contribution in [0.1, 0.15) is 10.4 Å². The first-order valence-electron chi connectivity index (χ1n) is 4.62. The number of nitrogens with zero attached hydrogens (tertiary/aromatic N) is 2. The number of rotatable bonds is 2. The summed E-state index contributed by atoms with van der Waals surface area (Å²) in [6, 6.07) is 3.27. The third kappa shape index (κ3) is 1.67. The summed E-state index contributed by atoms with van der Waals surface area (Å²) in [5, 5.41) is 0.738. The van der Waals surface area contributed by atoms with E-state index in [9.17, 15) is 4.79 Å². The molecule has 1 aromatic carbocycles. The number of carbonyl (C=O) groups excluding carboxylic acids is 1. The second-order valence-electron chi connectivity index (χ2n) is 3.13. The number of aromatic nitrogens is 2. The third-order valence-electron chi connectivity index (χ3n) is 2.21. The van der Waals surface area contributed by atoms with Gasteiger partial charge in [-0.3, -0.25) is 0 Å². The predicted molar refractivity (Wildman–Crippen MR) is 57.4 cm³/mol. The molecule has 2 aromatic rings. The molecule has 0 radical (unpaired) electrons. The Labute approximate surface area is 92.0 Å². The minimum absolute atomic E-state index is 0.413. The molecule has 0 aliphatic rings. The molecule has 5 nitrogen and oxygen atoms in total. The van der Waals surface area contributed by atoms with Crippen LogP contribution in [0.5, 0.6) is 5.75 Å². The lowest BCUT2D eigenvalue weighted by molar-refractivity contribution is 0.0600. The average Bonchev–Trinajstić information content (AvgIpc) is 2.36. The van der Waals surface area contributed by atoms with Crippen LogP contribution in [0.15, 0.2) is 24.7 Å². The van der Waals surface area contributed by atoms with Crippen molar-refractivity contribution in [1.29, 1.82) is 0 Å². The van der Waals surface area contributed by atoms with Crippen LogP contribution < -0.4 is 4.74 Å². The van der Waals surface area contributed by atoms with Crippen molar-refractivity contribution < 1.29 is 14.3 Å². The summed E-state index contributed by atoms with van der Waals surface area (Å²) < 4.78 is 9.81. The van der Waals surface area contributed by atoms with Crippen molar-refractivity contribution in [2.24, 2.45) is 0 Å². The lowest BCUT2D eigenvalue weighted by atomic mass is 10.1. The van der Waals surface area contributed by atoms with Gasteiger partial charge in [0.05, 0.1) is 19.8 Å². The van der Waals surface area contributed by atoms with Crippen molar-refractivity contribution in [1.82, 2.24) is 9.97 Å². The van der Waals surface area contributed by atoms with Crippen LogP contribution >= 0.6 is 0 Å². The Balaban J connectivity index is 2.68. The molecule has 2 rings (SSSR count). The van der Waals surface area contributed by atoms with Gasteiger partial charge in [0.1, 0.15) is 17.6 Å². The van der Waals surface area contributed by atoms with E-state index in [4.69, 9.17) is 4.74 Å². The standard InChI is InChI=1S/C11H10N2O3/c1-15-9-4-7(11(14)16-2)3-8-5-12-6-13-10(8)9/h3-6H,1-2H3.